The largest absolute Gasteiger partial charge is 0.489 e. The fraction of sp³-hybridized carbons (Fsp3) is 0.0952. The lowest BCUT2D eigenvalue weighted by atomic mass is 10.1. The average Bonchev–Trinajstić information content (AvgIpc) is 2.71. The Morgan fingerprint density at radius 1 is 1.14 bits per heavy atom. The highest BCUT2D eigenvalue weighted by Crippen LogP contribution is 2.36. The third-order valence-corrected chi connectivity index (χ3v) is 4.59. The van der Waals surface area contributed by atoms with Gasteiger partial charge in [0.15, 0.2) is 0 Å². The second-order valence-electron chi connectivity index (χ2n) is 5.89. The maximum Gasteiger partial charge on any atom is 0.349 e. The van der Waals surface area contributed by atoms with Crippen molar-refractivity contribution in [1.29, 1.82) is 5.26 Å². The van der Waals surface area contributed by atoms with Gasteiger partial charge < -0.3 is 14.6 Å². The number of hydrogen-bond donors (Lipinski definition) is 1. The predicted molar refractivity (Wildman–Crippen MR) is 107 cm³/mol. The van der Waals surface area contributed by atoms with Crippen molar-refractivity contribution < 1.29 is 19.4 Å². The number of pyridine rings is 1. The Kier molecular flexibility index (Phi) is 6.55. The Morgan fingerprint density at radius 2 is 1.86 bits per heavy atom. The maximum absolute atomic E-state index is 11.8. The van der Waals surface area contributed by atoms with Gasteiger partial charge in [-0.15, -0.1) is 0 Å². The van der Waals surface area contributed by atoms with Crippen LogP contribution in [0.2, 0.25) is 10.0 Å². The van der Waals surface area contributed by atoms with Gasteiger partial charge >= 0.3 is 5.97 Å². The number of benzene rings is 2. The molecule has 1 atom stereocenters. The Labute approximate surface area is 176 Å². The van der Waals surface area contributed by atoms with Gasteiger partial charge in [-0.1, -0.05) is 41.4 Å². The molecule has 1 N–H and O–H groups in total. The summed E-state index contributed by atoms with van der Waals surface area (Å²) in [6, 6.07) is 14.8. The van der Waals surface area contributed by atoms with E-state index in [1.807, 2.05) is 6.07 Å². The molecule has 3 aromatic rings. The molecule has 1 heterocycles. The summed E-state index contributed by atoms with van der Waals surface area (Å²) >= 11 is 12.3. The molecule has 6 nitrogen and oxygen atoms in total. The minimum atomic E-state index is -1.43. The Bertz CT molecular complexity index is 1070. The number of halogens is 2. The molecule has 146 valence electrons. The highest BCUT2D eigenvalue weighted by atomic mass is 35.5. The lowest BCUT2D eigenvalue weighted by Gasteiger charge is -2.19. The summed E-state index contributed by atoms with van der Waals surface area (Å²) in [4.78, 5) is 15.7. The number of nitrogens with zero attached hydrogens (tertiary/aromatic N) is 2. The van der Waals surface area contributed by atoms with Crippen LogP contribution >= 0.6 is 23.2 Å². The first-order valence-electron chi connectivity index (χ1n) is 8.39. The number of carboxylic acids is 1. The highest BCUT2D eigenvalue weighted by molar-refractivity contribution is 6.32. The monoisotopic (exact) mass is 428 g/mol. The van der Waals surface area contributed by atoms with Crippen LogP contribution in [0.4, 0.5) is 0 Å². The molecule has 0 saturated heterocycles. The molecule has 0 aliphatic carbocycles. The van der Waals surface area contributed by atoms with Crippen LogP contribution in [0, 0.1) is 11.3 Å². The number of nitriles is 1. The van der Waals surface area contributed by atoms with Crippen molar-refractivity contribution >= 4 is 29.2 Å². The minimum Gasteiger partial charge on any atom is -0.489 e. The molecule has 0 saturated carbocycles. The van der Waals surface area contributed by atoms with Crippen LogP contribution in [-0.4, -0.2) is 16.1 Å². The van der Waals surface area contributed by atoms with Crippen molar-refractivity contribution in [2.45, 2.75) is 12.7 Å². The topological polar surface area (TPSA) is 92.4 Å². The summed E-state index contributed by atoms with van der Waals surface area (Å²) < 4.78 is 11.4. The van der Waals surface area contributed by atoms with E-state index in [0.29, 0.717) is 5.75 Å². The highest BCUT2D eigenvalue weighted by Gasteiger charge is 2.26. The third-order valence-electron chi connectivity index (χ3n) is 3.95. The van der Waals surface area contributed by atoms with Gasteiger partial charge in [0.2, 0.25) is 6.10 Å². The van der Waals surface area contributed by atoms with Crippen LogP contribution in [0.3, 0.4) is 0 Å². The van der Waals surface area contributed by atoms with E-state index in [9.17, 15) is 15.2 Å². The summed E-state index contributed by atoms with van der Waals surface area (Å²) in [5.74, 6) is -0.956. The normalized spacial score (nSPS) is 11.3. The van der Waals surface area contributed by atoms with Crippen molar-refractivity contribution in [2.24, 2.45) is 0 Å². The Balaban J connectivity index is 1.92. The zero-order valence-corrected chi connectivity index (χ0v) is 16.4. The van der Waals surface area contributed by atoms with Gasteiger partial charge in [0.25, 0.3) is 0 Å². The SMILES string of the molecule is N#Cc1c(Cl)cc(OCc2ccncc2)cc1OC(C(=O)O)c1ccccc1Cl. The van der Waals surface area contributed by atoms with Crippen LogP contribution in [0.5, 0.6) is 11.5 Å². The molecule has 29 heavy (non-hydrogen) atoms. The molecule has 0 aliphatic heterocycles. The number of carboxylic acid groups (broad SMARTS) is 1. The van der Waals surface area contributed by atoms with Gasteiger partial charge in [0.1, 0.15) is 29.7 Å². The number of carbonyl (C=O) groups is 1. The van der Waals surface area contributed by atoms with Gasteiger partial charge in [0, 0.05) is 35.1 Å². The van der Waals surface area contributed by atoms with Gasteiger partial charge in [-0.3, -0.25) is 4.98 Å². The first-order valence-corrected chi connectivity index (χ1v) is 9.14. The molecule has 0 spiro atoms. The van der Waals surface area contributed by atoms with E-state index in [1.54, 1.807) is 48.8 Å². The average molecular weight is 429 g/mol. The number of aromatic nitrogens is 1. The van der Waals surface area contributed by atoms with Crippen molar-refractivity contribution in [2.75, 3.05) is 0 Å². The summed E-state index contributed by atoms with van der Waals surface area (Å²) in [6.07, 6.45) is 1.85. The lowest BCUT2D eigenvalue weighted by Crippen LogP contribution is -2.19. The van der Waals surface area contributed by atoms with Crippen LogP contribution in [0.1, 0.15) is 22.8 Å². The second-order valence-corrected chi connectivity index (χ2v) is 6.71. The van der Waals surface area contributed by atoms with E-state index < -0.39 is 12.1 Å². The molecular weight excluding hydrogens is 415 g/mol. The standard InChI is InChI=1S/C21H14Cl2N2O4/c22-17-4-2-1-3-15(17)20(21(26)27)29-19-10-14(9-18(23)16(19)11-24)28-12-13-5-7-25-8-6-13/h1-10,20H,12H2,(H,26,27). The molecular formula is C21H14Cl2N2O4. The summed E-state index contributed by atoms with van der Waals surface area (Å²) in [5, 5.41) is 19.4. The van der Waals surface area contributed by atoms with Crippen molar-refractivity contribution in [3.8, 4) is 17.6 Å². The van der Waals surface area contributed by atoms with E-state index in [2.05, 4.69) is 4.98 Å². The molecule has 2 aromatic carbocycles. The smallest absolute Gasteiger partial charge is 0.349 e. The van der Waals surface area contributed by atoms with E-state index in [4.69, 9.17) is 32.7 Å². The van der Waals surface area contributed by atoms with Gasteiger partial charge in [-0.25, -0.2) is 4.79 Å². The zero-order valence-electron chi connectivity index (χ0n) is 14.9. The van der Waals surface area contributed by atoms with Gasteiger partial charge in [-0.05, 0) is 23.8 Å². The van der Waals surface area contributed by atoms with Gasteiger partial charge in [0.05, 0.1) is 5.02 Å². The van der Waals surface area contributed by atoms with Crippen molar-refractivity contribution in [3.05, 3.63) is 87.7 Å². The fourth-order valence-corrected chi connectivity index (χ4v) is 3.03. The van der Waals surface area contributed by atoms with E-state index in [0.717, 1.165) is 5.56 Å². The zero-order chi connectivity index (χ0) is 20.8. The molecule has 3 rings (SSSR count). The predicted octanol–water partition coefficient (Wildman–Crippen LogP) is 5.04. The molecule has 0 radical (unpaired) electrons. The van der Waals surface area contributed by atoms with Crippen molar-refractivity contribution in [3.63, 3.8) is 0 Å². The molecule has 0 aliphatic rings. The number of hydrogen-bond acceptors (Lipinski definition) is 5. The summed E-state index contributed by atoms with van der Waals surface area (Å²) in [6.45, 7) is 0.233. The Hall–Kier alpha value is -3.27. The van der Waals surface area contributed by atoms with Crippen LogP contribution in [0.15, 0.2) is 60.9 Å². The second kappa shape index (κ2) is 9.28. The first-order chi connectivity index (χ1) is 14.0. The molecule has 8 heteroatoms. The van der Waals surface area contributed by atoms with Crippen LogP contribution in [-0.2, 0) is 11.4 Å². The lowest BCUT2D eigenvalue weighted by molar-refractivity contribution is -0.145. The van der Waals surface area contributed by atoms with E-state index >= 15 is 0 Å². The number of ether oxygens (including phenoxy) is 2. The first kappa shape index (κ1) is 20.5. The molecule has 1 aromatic heterocycles. The number of aliphatic carboxylic acids is 1. The van der Waals surface area contributed by atoms with E-state index in [-0.39, 0.29) is 33.5 Å². The van der Waals surface area contributed by atoms with Crippen LogP contribution in [0.25, 0.3) is 0 Å². The minimum absolute atomic E-state index is 0.00114. The summed E-state index contributed by atoms with van der Waals surface area (Å²) in [7, 11) is 0. The third kappa shape index (κ3) is 4.96. The quantitative estimate of drug-likeness (QED) is 0.566. The maximum atomic E-state index is 11.8. The Morgan fingerprint density at radius 3 is 2.52 bits per heavy atom. The molecule has 0 fully saturated rings. The molecule has 0 amide bonds. The summed E-state index contributed by atoms with van der Waals surface area (Å²) in [5.41, 5.74) is 1.13. The van der Waals surface area contributed by atoms with Gasteiger partial charge in [-0.2, -0.15) is 5.26 Å². The van der Waals surface area contributed by atoms with Crippen molar-refractivity contribution in [1.82, 2.24) is 4.98 Å². The number of rotatable bonds is 7. The molecule has 1 unspecified atom stereocenters. The van der Waals surface area contributed by atoms with E-state index in [1.165, 1.54) is 12.1 Å². The fourth-order valence-electron chi connectivity index (χ4n) is 2.55. The van der Waals surface area contributed by atoms with Crippen LogP contribution < -0.4 is 9.47 Å². The molecule has 0 bridgehead atoms.